The van der Waals surface area contributed by atoms with E-state index in [9.17, 15) is 0 Å². The van der Waals surface area contributed by atoms with Gasteiger partial charge in [0.05, 0.1) is 0 Å². The van der Waals surface area contributed by atoms with Crippen molar-refractivity contribution in [3.8, 4) is 11.5 Å². The van der Waals surface area contributed by atoms with Gasteiger partial charge in [-0.15, -0.1) is 10.2 Å². The first-order valence-corrected chi connectivity index (χ1v) is 7.36. The molecule has 0 saturated heterocycles. The second-order valence-electron chi connectivity index (χ2n) is 5.48. The van der Waals surface area contributed by atoms with Gasteiger partial charge in [-0.2, -0.15) is 0 Å². The summed E-state index contributed by atoms with van der Waals surface area (Å²) in [7, 11) is 0. The smallest absolute Gasteiger partial charge is 0.247 e. The molecule has 0 aliphatic heterocycles. The van der Waals surface area contributed by atoms with E-state index < -0.39 is 0 Å². The summed E-state index contributed by atoms with van der Waals surface area (Å²) in [5.74, 6) is 1.13. The van der Waals surface area contributed by atoms with Crippen LogP contribution in [0.5, 0.6) is 0 Å². The first-order valence-electron chi connectivity index (χ1n) is 7.36. The molecule has 0 saturated carbocycles. The van der Waals surface area contributed by atoms with E-state index in [1.54, 1.807) is 0 Å². The second-order valence-corrected chi connectivity index (χ2v) is 5.48. The lowest BCUT2D eigenvalue weighted by atomic mass is 10.1. The maximum absolute atomic E-state index is 5.77. The van der Waals surface area contributed by atoms with Gasteiger partial charge in [-0.05, 0) is 56.2 Å². The third-order valence-corrected chi connectivity index (χ3v) is 3.72. The van der Waals surface area contributed by atoms with E-state index >= 15 is 0 Å². The highest BCUT2D eigenvalue weighted by atomic mass is 16.4. The van der Waals surface area contributed by atoms with Gasteiger partial charge in [0.2, 0.25) is 11.8 Å². The minimum Gasteiger partial charge on any atom is -0.418 e. The van der Waals surface area contributed by atoms with Gasteiger partial charge in [-0.3, -0.25) is 0 Å². The molecule has 0 aliphatic rings. The average molecular weight is 293 g/mol. The highest BCUT2D eigenvalue weighted by Crippen LogP contribution is 2.23. The van der Waals surface area contributed by atoms with Gasteiger partial charge in [0.1, 0.15) is 6.04 Å². The molecule has 1 N–H and O–H groups in total. The Bertz CT molecular complexity index is 765. The normalized spacial score (nSPS) is 12.1. The van der Waals surface area contributed by atoms with Crippen LogP contribution in [0.4, 0.5) is 5.69 Å². The van der Waals surface area contributed by atoms with E-state index in [1.165, 1.54) is 11.1 Å². The maximum Gasteiger partial charge on any atom is 0.247 e. The number of hydrogen-bond donors (Lipinski definition) is 1. The van der Waals surface area contributed by atoms with Gasteiger partial charge in [0.25, 0.3) is 0 Å². The van der Waals surface area contributed by atoms with Gasteiger partial charge < -0.3 is 9.73 Å². The fraction of sp³-hybridized carbons (Fsp3) is 0.222. The minimum atomic E-state index is -0.0490. The van der Waals surface area contributed by atoms with Crippen LogP contribution < -0.4 is 5.32 Å². The fourth-order valence-corrected chi connectivity index (χ4v) is 2.25. The second kappa shape index (κ2) is 6.02. The number of hydrogen-bond acceptors (Lipinski definition) is 4. The largest absolute Gasteiger partial charge is 0.418 e. The third kappa shape index (κ3) is 3.01. The first-order chi connectivity index (χ1) is 10.6. The number of rotatable bonds is 4. The molecule has 0 spiro atoms. The van der Waals surface area contributed by atoms with Crippen LogP contribution in [0.25, 0.3) is 11.5 Å². The van der Waals surface area contributed by atoms with E-state index in [0.29, 0.717) is 11.8 Å². The molecule has 1 heterocycles. The number of nitrogens with zero attached hydrogens (tertiary/aromatic N) is 2. The minimum absolute atomic E-state index is 0.0490. The Morgan fingerprint density at radius 1 is 0.955 bits per heavy atom. The quantitative estimate of drug-likeness (QED) is 0.768. The van der Waals surface area contributed by atoms with Crippen molar-refractivity contribution in [2.45, 2.75) is 26.8 Å². The molecule has 3 rings (SSSR count). The molecule has 1 atom stereocenters. The van der Waals surface area contributed by atoms with E-state index in [1.807, 2.05) is 37.3 Å². The molecule has 0 radical (unpaired) electrons. The van der Waals surface area contributed by atoms with Gasteiger partial charge >= 0.3 is 0 Å². The van der Waals surface area contributed by atoms with Gasteiger partial charge in [-0.1, -0.05) is 24.3 Å². The predicted octanol–water partition coefficient (Wildman–Crippen LogP) is 4.53. The fourth-order valence-electron chi connectivity index (χ4n) is 2.25. The predicted molar refractivity (Wildman–Crippen MR) is 87.7 cm³/mol. The number of aryl methyl sites for hydroxylation is 2. The Labute approximate surface area is 130 Å². The van der Waals surface area contributed by atoms with Crippen molar-refractivity contribution >= 4 is 5.69 Å². The average Bonchev–Trinajstić information content (AvgIpc) is 3.02. The lowest BCUT2D eigenvalue weighted by Crippen LogP contribution is -2.07. The molecule has 22 heavy (non-hydrogen) atoms. The zero-order chi connectivity index (χ0) is 15.5. The molecular weight excluding hydrogens is 274 g/mol. The SMILES string of the molecule is Cc1ccc(NC(C)c2nnc(-c3ccccc3)o2)cc1C. The van der Waals surface area contributed by atoms with Gasteiger partial charge in [-0.25, -0.2) is 0 Å². The number of benzene rings is 2. The summed E-state index contributed by atoms with van der Waals surface area (Å²) in [6.07, 6.45) is 0. The van der Waals surface area contributed by atoms with Crippen molar-refractivity contribution in [2.24, 2.45) is 0 Å². The molecule has 4 heteroatoms. The molecule has 1 aromatic heterocycles. The molecule has 3 aromatic rings. The zero-order valence-corrected chi connectivity index (χ0v) is 13.0. The van der Waals surface area contributed by atoms with Crippen LogP contribution in [0.3, 0.4) is 0 Å². The van der Waals surface area contributed by atoms with Crippen LogP contribution in [-0.2, 0) is 0 Å². The lowest BCUT2D eigenvalue weighted by molar-refractivity contribution is 0.485. The lowest BCUT2D eigenvalue weighted by Gasteiger charge is -2.12. The Morgan fingerprint density at radius 2 is 1.73 bits per heavy atom. The summed E-state index contributed by atoms with van der Waals surface area (Å²) in [6, 6.07) is 16.0. The maximum atomic E-state index is 5.77. The van der Waals surface area contributed by atoms with E-state index in [2.05, 4.69) is 47.6 Å². The van der Waals surface area contributed by atoms with Gasteiger partial charge in [0, 0.05) is 11.3 Å². The van der Waals surface area contributed by atoms with E-state index in [4.69, 9.17) is 4.42 Å². The van der Waals surface area contributed by atoms with Crippen LogP contribution in [0.2, 0.25) is 0 Å². The van der Waals surface area contributed by atoms with Crippen molar-refractivity contribution in [1.29, 1.82) is 0 Å². The van der Waals surface area contributed by atoms with Crippen molar-refractivity contribution < 1.29 is 4.42 Å². The van der Waals surface area contributed by atoms with Crippen LogP contribution >= 0.6 is 0 Å². The first kappa shape index (κ1) is 14.3. The Balaban J connectivity index is 1.77. The molecule has 1 unspecified atom stereocenters. The zero-order valence-electron chi connectivity index (χ0n) is 13.0. The number of aromatic nitrogens is 2. The highest BCUT2D eigenvalue weighted by Gasteiger charge is 2.15. The summed E-state index contributed by atoms with van der Waals surface area (Å²) in [4.78, 5) is 0. The molecule has 4 nitrogen and oxygen atoms in total. The summed E-state index contributed by atoms with van der Waals surface area (Å²) < 4.78 is 5.77. The topological polar surface area (TPSA) is 51.0 Å². The van der Waals surface area contributed by atoms with Crippen molar-refractivity contribution in [3.05, 3.63) is 65.5 Å². The van der Waals surface area contributed by atoms with Gasteiger partial charge in [0.15, 0.2) is 0 Å². The van der Waals surface area contributed by atoms with Crippen LogP contribution in [0.15, 0.2) is 52.9 Å². The molecule has 0 amide bonds. The van der Waals surface area contributed by atoms with Crippen molar-refractivity contribution in [3.63, 3.8) is 0 Å². The number of nitrogens with one attached hydrogen (secondary N) is 1. The Kier molecular flexibility index (Phi) is 3.92. The van der Waals surface area contributed by atoms with Crippen LogP contribution in [-0.4, -0.2) is 10.2 Å². The monoisotopic (exact) mass is 293 g/mol. The van der Waals surface area contributed by atoms with Crippen LogP contribution in [0, 0.1) is 13.8 Å². The summed E-state index contributed by atoms with van der Waals surface area (Å²) in [5.41, 5.74) is 4.52. The summed E-state index contributed by atoms with van der Waals surface area (Å²) in [5, 5.41) is 11.7. The Hall–Kier alpha value is -2.62. The van der Waals surface area contributed by atoms with Crippen molar-refractivity contribution in [2.75, 3.05) is 5.32 Å². The van der Waals surface area contributed by atoms with Crippen LogP contribution in [0.1, 0.15) is 30.0 Å². The molecule has 112 valence electrons. The standard InChI is InChI=1S/C18H19N3O/c1-12-9-10-16(11-13(12)2)19-14(3)17-20-21-18(22-17)15-7-5-4-6-8-15/h4-11,14,19H,1-3H3. The molecule has 0 bridgehead atoms. The molecular formula is C18H19N3O. The van der Waals surface area contributed by atoms with E-state index in [0.717, 1.165) is 11.3 Å². The summed E-state index contributed by atoms with van der Waals surface area (Å²) >= 11 is 0. The molecule has 2 aromatic carbocycles. The third-order valence-electron chi connectivity index (χ3n) is 3.72. The van der Waals surface area contributed by atoms with E-state index in [-0.39, 0.29) is 6.04 Å². The molecule has 0 aliphatic carbocycles. The van der Waals surface area contributed by atoms with Crippen molar-refractivity contribution in [1.82, 2.24) is 10.2 Å². The summed E-state index contributed by atoms with van der Waals surface area (Å²) in [6.45, 7) is 6.22. The Morgan fingerprint density at radius 3 is 2.45 bits per heavy atom. The number of anilines is 1. The highest BCUT2D eigenvalue weighted by molar-refractivity contribution is 5.52. The molecule has 0 fully saturated rings.